The van der Waals surface area contributed by atoms with Gasteiger partial charge in [-0.25, -0.2) is 4.68 Å². The molecule has 0 bridgehead atoms. The highest BCUT2D eigenvalue weighted by molar-refractivity contribution is 5.83. The molecule has 0 fully saturated rings. The minimum Gasteiger partial charge on any atom is -0.474 e. The van der Waals surface area contributed by atoms with Crippen LogP contribution in [0.5, 0.6) is 5.88 Å². The Hall–Kier alpha value is -1.52. The Morgan fingerprint density at radius 2 is 2.33 bits per heavy atom. The Bertz CT molecular complexity index is 358. The lowest BCUT2D eigenvalue weighted by Crippen LogP contribution is -2.13. The molecule has 1 atom stereocenters. The predicted molar refractivity (Wildman–Crippen MR) is 57.7 cm³/mol. The fraction of sp³-hybridized carbons (Fsp3) is 0.600. The Morgan fingerprint density at radius 1 is 1.67 bits per heavy atom. The van der Waals surface area contributed by atoms with Crippen molar-refractivity contribution in [2.75, 3.05) is 0 Å². The lowest BCUT2D eigenvalue weighted by Gasteiger charge is -2.12. The van der Waals surface area contributed by atoms with Gasteiger partial charge in [0.2, 0.25) is 5.88 Å². The summed E-state index contributed by atoms with van der Waals surface area (Å²) in [5, 5.41) is 15.8. The van der Waals surface area contributed by atoms with E-state index in [1.165, 1.54) is 6.21 Å². The van der Waals surface area contributed by atoms with Gasteiger partial charge in [0, 0.05) is 7.05 Å². The first kappa shape index (κ1) is 11.6. The zero-order valence-corrected chi connectivity index (χ0v) is 9.56. The standard InChI is InChI=1S/C10H17N3O2/c1-5-7(2)15-10-9(6-11-14)8(3)12-13(10)4/h6-7,14H,5H2,1-4H3. The molecule has 84 valence electrons. The van der Waals surface area contributed by atoms with E-state index >= 15 is 0 Å². The van der Waals surface area contributed by atoms with Crippen LogP contribution in [0.3, 0.4) is 0 Å². The number of rotatable bonds is 4. The number of hydrogen-bond donors (Lipinski definition) is 1. The first-order chi connectivity index (χ1) is 7.10. The van der Waals surface area contributed by atoms with Gasteiger partial charge < -0.3 is 9.94 Å². The van der Waals surface area contributed by atoms with Crippen molar-refractivity contribution in [3.8, 4) is 5.88 Å². The topological polar surface area (TPSA) is 59.6 Å². The Kier molecular flexibility index (Phi) is 3.71. The number of hydrogen-bond acceptors (Lipinski definition) is 4. The van der Waals surface area contributed by atoms with E-state index in [1.807, 2.05) is 20.8 Å². The van der Waals surface area contributed by atoms with Crippen molar-refractivity contribution in [3.63, 3.8) is 0 Å². The van der Waals surface area contributed by atoms with Gasteiger partial charge >= 0.3 is 0 Å². The first-order valence-corrected chi connectivity index (χ1v) is 4.97. The Balaban J connectivity index is 3.03. The first-order valence-electron chi connectivity index (χ1n) is 4.97. The average Bonchev–Trinajstić information content (AvgIpc) is 2.45. The summed E-state index contributed by atoms with van der Waals surface area (Å²) in [5.74, 6) is 0.639. The molecule has 0 radical (unpaired) electrons. The third-order valence-corrected chi connectivity index (χ3v) is 2.29. The summed E-state index contributed by atoms with van der Waals surface area (Å²) in [6.07, 6.45) is 2.38. The van der Waals surface area contributed by atoms with Crippen molar-refractivity contribution in [1.82, 2.24) is 9.78 Å². The largest absolute Gasteiger partial charge is 0.474 e. The smallest absolute Gasteiger partial charge is 0.221 e. The highest BCUT2D eigenvalue weighted by Crippen LogP contribution is 2.21. The average molecular weight is 211 g/mol. The monoisotopic (exact) mass is 211 g/mol. The molecular weight excluding hydrogens is 194 g/mol. The SMILES string of the molecule is CCC(C)Oc1c(C=NO)c(C)nn1C. The van der Waals surface area contributed by atoms with Crippen LogP contribution in [-0.2, 0) is 7.05 Å². The summed E-state index contributed by atoms with van der Waals surface area (Å²) < 4.78 is 7.35. The molecular formula is C10H17N3O2. The molecule has 1 heterocycles. The van der Waals surface area contributed by atoms with Gasteiger partial charge in [0.15, 0.2) is 0 Å². The van der Waals surface area contributed by atoms with E-state index in [9.17, 15) is 0 Å². The van der Waals surface area contributed by atoms with Crippen LogP contribution in [0.1, 0.15) is 31.5 Å². The lowest BCUT2D eigenvalue weighted by atomic mass is 10.2. The van der Waals surface area contributed by atoms with Gasteiger partial charge in [-0.1, -0.05) is 12.1 Å². The van der Waals surface area contributed by atoms with Crippen LogP contribution < -0.4 is 4.74 Å². The van der Waals surface area contributed by atoms with Crippen LogP contribution in [-0.4, -0.2) is 27.3 Å². The number of aromatic nitrogens is 2. The van der Waals surface area contributed by atoms with E-state index in [0.29, 0.717) is 5.88 Å². The van der Waals surface area contributed by atoms with Crippen LogP contribution in [0.2, 0.25) is 0 Å². The van der Waals surface area contributed by atoms with Crippen molar-refractivity contribution >= 4 is 6.21 Å². The van der Waals surface area contributed by atoms with E-state index in [4.69, 9.17) is 9.94 Å². The van der Waals surface area contributed by atoms with Gasteiger partial charge in [0.05, 0.1) is 23.6 Å². The summed E-state index contributed by atoms with van der Waals surface area (Å²) >= 11 is 0. The van der Waals surface area contributed by atoms with Crippen molar-refractivity contribution in [2.24, 2.45) is 12.2 Å². The zero-order valence-electron chi connectivity index (χ0n) is 9.56. The summed E-state index contributed by atoms with van der Waals surface area (Å²) in [6, 6.07) is 0. The summed E-state index contributed by atoms with van der Waals surface area (Å²) in [7, 11) is 1.80. The molecule has 0 saturated carbocycles. The molecule has 0 aliphatic rings. The molecule has 0 saturated heterocycles. The molecule has 5 heteroatoms. The lowest BCUT2D eigenvalue weighted by molar-refractivity contribution is 0.198. The van der Waals surface area contributed by atoms with E-state index in [1.54, 1.807) is 11.7 Å². The van der Waals surface area contributed by atoms with E-state index < -0.39 is 0 Å². The second kappa shape index (κ2) is 4.82. The molecule has 0 aromatic carbocycles. The Morgan fingerprint density at radius 3 is 2.87 bits per heavy atom. The van der Waals surface area contributed by atoms with Crippen LogP contribution in [0.25, 0.3) is 0 Å². The summed E-state index contributed by atoms with van der Waals surface area (Å²) in [5.41, 5.74) is 1.51. The van der Waals surface area contributed by atoms with Gasteiger partial charge in [0.1, 0.15) is 0 Å². The van der Waals surface area contributed by atoms with Crippen LogP contribution in [0.4, 0.5) is 0 Å². The second-order valence-electron chi connectivity index (χ2n) is 3.51. The molecule has 0 amide bonds. The normalized spacial score (nSPS) is 13.3. The fourth-order valence-electron chi connectivity index (χ4n) is 1.27. The molecule has 1 N–H and O–H groups in total. The fourth-order valence-corrected chi connectivity index (χ4v) is 1.27. The van der Waals surface area contributed by atoms with Crippen molar-refractivity contribution < 1.29 is 9.94 Å². The van der Waals surface area contributed by atoms with Crippen molar-refractivity contribution in [1.29, 1.82) is 0 Å². The number of nitrogens with zero attached hydrogens (tertiary/aromatic N) is 3. The molecule has 15 heavy (non-hydrogen) atoms. The van der Waals surface area contributed by atoms with Gasteiger partial charge in [-0.05, 0) is 20.3 Å². The molecule has 1 aromatic rings. The van der Waals surface area contributed by atoms with Gasteiger partial charge in [-0.3, -0.25) is 0 Å². The molecule has 0 aliphatic carbocycles. The number of oxime groups is 1. The zero-order chi connectivity index (χ0) is 11.4. The van der Waals surface area contributed by atoms with Gasteiger partial charge in [-0.2, -0.15) is 5.10 Å². The van der Waals surface area contributed by atoms with E-state index in [0.717, 1.165) is 17.7 Å². The van der Waals surface area contributed by atoms with Crippen LogP contribution in [0.15, 0.2) is 5.16 Å². The third kappa shape index (κ3) is 2.49. The maximum Gasteiger partial charge on any atom is 0.221 e. The third-order valence-electron chi connectivity index (χ3n) is 2.29. The van der Waals surface area contributed by atoms with Gasteiger partial charge in [-0.15, -0.1) is 0 Å². The molecule has 1 aromatic heterocycles. The number of ether oxygens (including phenoxy) is 1. The Labute approximate surface area is 89.4 Å². The molecule has 1 rings (SSSR count). The molecule has 1 unspecified atom stereocenters. The minimum absolute atomic E-state index is 0.116. The number of aryl methyl sites for hydroxylation is 2. The van der Waals surface area contributed by atoms with Crippen LogP contribution >= 0.6 is 0 Å². The quantitative estimate of drug-likeness (QED) is 0.468. The molecule has 0 spiro atoms. The highest BCUT2D eigenvalue weighted by atomic mass is 16.5. The van der Waals surface area contributed by atoms with E-state index in [-0.39, 0.29) is 6.10 Å². The van der Waals surface area contributed by atoms with Crippen molar-refractivity contribution in [2.45, 2.75) is 33.3 Å². The molecule has 5 nitrogen and oxygen atoms in total. The molecule has 0 aliphatic heterocycles. The van der Waals surface area contributed by atoms with Crippen molar-refractivity contribution in [3.05, 3.63) is 11.3 Å². The second-order valence-corrected chi connectivity index (χ2v) is 3.51. The maximum absolute atomic E-state index is 8.55. The predicted octanol–water partition coefficient (Wildman–Crippen LogP) is 1.71. The summed E-state index contributed by atoms with van der Waals surface area (Å²) in [6.45, 7) is 5.89. The summed E-state index contributed by atoms with van der Waals surface area (Å²) in [4.78, 5) is 0. The maximum atomic E-state index is 8.55. The van der Waals surface area contributed by atoms with Crippen LogP contribution in [0, 0.1) is 6.92 Å². The minimum atomic E-state index is 0.116. The van der Waals surface area contributed by atoms with E-state index in [2.05, 4.69) is 10.3 Å². The highest BCUT2D eigenvalue weighted by Gasteiger charge is 2.14. The van der Waals surface area contributed by atoms with Gasteiger partial charge in [0.25, 0.3) is 0 Å².